The zero-order chi connectivity index (χ0) is 22.9. The molecule has 5 atom stereocenters. The van der Waals surface area contributed by atoms with Gasteiger partial charge in [-0.15, -0.1) is 10.2 Å². The highest BCUT2D eigenvalue weighted by atomic mass is 16.7. The molecule has 1 aromatic heterocycles. The minimum atomic E-state index is -0.343. The molecule has 3 fully saturated rings. The second-order valence-electron chi connectivity index (χ2n) is 10.9. The van der Waals surface area contributed by atoms with Crippen LogP contribution >= 0.6 is 0 Å². The first-order valence-electron chi connectivity index (χ1n) is 13.0. The van der Waals surface area contributed by atoms with E-state index in [0.29, 0.717) is 5.92 Å². The Hall–Kier alpha value is -2.22. The second kappa shape index (κ2) is 7.90. The molecular weight excluding hydrogens is 430 g/mol. The Morgan fingerprint density at radius 1 is 1.15 bits per heavy atom. The molecule has 1 spiro atoms. The van der Waals surface area contributed by atoms with E-state index < -0.39 is 0 Å². The van der Waals surface area contributed by atoms with Gasteiger partial charge in [0, 0.05) is 24.7 Å². The Balaban J connectivity index is 1.35. The van der Waals surface area contributed by atoms with Gasteiger partial charge in [0.05, 0.1) is 23.9 Å². The average molecular weight is 464 g/mol. The van der Waals surface area contributed by atoms with Crippen LogP contribution in [0.3, 0.4) is 0 Å². The molecule has 2 aromatic rings. The Morgan fingerprint density at radius 3 is 2.94 bits per heavy atom. The largest absolute Gasteiger partial charge is 0.467 e. The summed E-state index contributed by atoms with van der Waals surface area (Å²) in [5.41, 5.74) is 6.98. The summed E-state index contributed by atoms with van der Waals surface area (Å²) in [4.78, 5) is 0. The summed E-state index contributed by atoms with van der Waals surface area (Å²) in [7, 11) is 1.66. The van der Waals surface area contributed by atoms with Crippen LogP contribution in [0.1, 0.15) is 73.3 Å². The smallest absolute Gasteiger partial charge is 0.188 e. The number of ether oxygens (including phenoxy) is 3. The van der Waals surface area contributed by atoms with E-state index in [2.05, 4.69) is 17.4 Å². The molecule has 7 heteroatoms. The first-order chi connectivity index (χ1) is 16.7. The number of aliphatic hydroxyl groups excluding tert-OH is 1. The van der Waals surface area contributed by atoms with E-state index in [1.54, 1.807) is 7.11 Å². The lowest BCUT2D eigenvalue weighted by Gasteiger charge is -2.33. The normalized spacial score (nSPS) is 32.6. The fraction of sp³-hybridized carbons (Fsp3) is 0.630. The van der Waals surface area contributed by atoms with Gasteiger partial charge in [0.2, 0.25) is 0 Å². The summed E-state index contributed by atoms with van der Waals surface area (Å²) in [6.45, 7) is 0.218. The molecule has 2 bridgehead atoms. The van der Waals surface area contributed by atoms with E-state index in [1.807, 2.05) is 0 Å². The summed E-state index contributed by atoms with van der Waals surface area (Å²) in [5.74, 6) is 2.34. The number of methoxy groups -OCH3 is 1. The highest BCUT2D eigenvalue weighted by Crippen LogP contribution is 2.66. The number of nitrogens with zero attached hydrogens (tertiary/aromatic N) is 2. The van der Waals surface area contributed by atoms with Gasteiger partial charge in [-0.3, -0.25) is 0 Å². The van der Waals surface area contributed by atoms with E-state index >= 15 is 0 Å². The van der Waals surface area contributed by atoms with Crippen LogP contribution in [0.15, 0.2) is 12.1 Å². The van der Waals surface area contributed by atoms with Crippen LogP contribution in [-0.2, 0) is 28.7 Å². The molecule has 1 aromatic carbocycles. The van der Waals surface area contributed by atoms with Crippen LogP contribution < -0.4 is 10.1 Å². The van der Waals surface area contributed by atoms with Crippen molar-refractivity contribution in [2.75, 3.05) is 19.2 Å². The van der Waals surface area contributed by atoms with Crippen LogP contribution in [-0.4, -0.2) is 47.0 Å². The van der Waals surface area contributed by atoms with Crippen molar-refractivity contribution >= 4 is 5.82 Å². The van der Waals surface area contributed by atoms with Crippen molar-refractivity contribution < 1.29 is 19.3 Å². The monoisotopic (exact) mass is 463 g/mol. The first-order valence-corrected chi connectivity index (χ1v) is 13.0. The molecule has 1 saturated heterocycles. The van der Waals surface area contributed by atoms with Gasteiger partial charge in [0.15, 0.2) is 12.6 Å². The van der Waals surface area contributed by atoms with Gasteiger partial charge >= 0.3 is 0 Å². The number of aromatic nitrogens is 2. The fourth-order valence-electron chi connectivity index (χ4n) is 7.02. The summed E-state index contributed by atoms with van der Waals surface area (Å²) in [5, 5.41) is 23.7. The standard InChI is InChI=1S/C27H33N3O4/c1-32-14-33-25-17-6-4-5-15(17)9-10-18(25)24-19-13-27-12-16(27)11-22(34-27)23(19)26(30-29-24)28-20-7-2-3-8-21(20)31/h9-10,16,20-22,31H,2-8,11-14H2,1H3,(H,28,30)/t16?,20?,21-,22-,27?/m1/s1. The Labute approximate surface area is 200 Å². The van der Waals surface area contributed by atoms with Crippen molar-refractivity contribution in [3.8, 4) is 17.0 Å². The van der Waals surface area contributed by atoms with E-state index in [0.717, 1.165) is 92.6 Å². The number of rotatable bonds is 6. The minimum absolute atomic E-state index is 0.0125. The van der Waals surface area contributed by atoms with Gasteiger partial charge in [-0.1, -0.05) is 18.9 Å². The van der Waals surface area contributed by atoms with Gasteiger partial charge in [-0.25, -0.2) is 0 Å². The molecule has 7 rings (SSSR count). The molecular formula is C27H33N3O4. The summed E-state index contributed by atoms with van der Waals surface area (Å²) in [6.07, 6.45) is 10.1. The summed E-state index contributed by atoms with van der Waals surface area (Å²) >= 11 is 0. The third kappa shape index (κ3) is 3.20. The number of fused-ring (bicyclic) bond motifs is 4. The number of anilines is 1. The summed E-state index contributed by atoms with van der Waals surface area (Å²) in [6, 6.07) is 4.42. The van der Waals surface area contributed by atoms with Gasteiger partial charge < -0.3 is 24.6 Å². The molecule has 3 aliphatic carbocycles. The van der Waals surface area contributed by atoms with Crippen LogP contribution in [0.5, 0.6) is 5.75 Å². The lowest BCUT2D eigenvalue weighted by molar-refractivity contribution is -0.00933. The van der Waals surface area contributed by atoms with Crippen LogP contribution in [0, 0.1) is 5.92 Å². The maximum atomic E-state index is 10.6. The highest BCUT2D eigenvalue weighted by molar-refractivity contribution is 5.76. The molecule has 2 aliphatic heterocycles. The number of nitrogens with one attached hydrogen (secondary N) is 1. The zero-order valence-electron chi connectivity index (χ0n) is 19.8. The second-order valence-corrected chi connectivity index (χ2v) is 10.9. The third-order valence-electron chi connectivity index (χ3n) is 8.82. The Bertz CT molecular complexity index is 1140. The Kier molecular flexibility index (Phi) is 4.90. The summed E-state index contributed by atoms with van der Waals surface area (Å²) < 4.78 is 18.0. The number of benzene rings is 1. The van der Waals surface area contributed by atoms with Gasteiger partial charge in [-0.05, 0) is 73.6 Å². The van der Waals surface area contributed by atoms with Crippen molar-refractivity contribution in [3.05, 3.63) is 34.4 Å². The molecule has 3 heterocycles. The number of aliphatic hydroxyl groups is 1. The van der Waals surface area contributed by atoms with Crippen LogP contribution in [0.2, 0.25) is 0 Å². The van der Waals surface area contributed by atoms with Crippen molar-refractivity contribution in [1.82, 2.24) is 10.2 Å². The van der Waals surface area contributed by atoms with Crippen molar-refractivity contribution in [1.29, 1.82) is 0 Å². The number of hydrogen-bond donors (Lipinski definition) is 2. The fourth-order valence-corrected chi connectivity index (χ4v) is 7.02. The minimum Gasteiger partial charge on any atom is -0.467 e. The molecule has 0 radical (unpaired) electrons. The van der Waals surface area contributed by atoms with Crippen LogP contribution in [0.25, 0.3) is 11.3 Å². The lowest BCUT2D eigenvalue weighted by Crippen LogP contribution is -2.37. The Morgan fingerprint density at radius 2 is 2.06 bits per heavy atom. The molecule has 2 saturated carbocycles. The molecule has 7 nitrogen and oxygen atoms in total. The highest BCUT2D eigenvalue weighted by Gasteiger charge is 2.65. The molecule has 2 N–H and O–H groups in total. The van der Waals surface area contributed by atoms with Gasteiger partial charge in [0.25, 0.3) is 0 Å². The maximum absolute atomic E-state index is 10.6. The van der Waals surface area contributed by atoms with Crippen molar-refractivity contribution in [3.63, 3.8) is 0 Å². The predicted octanol–water partition coefficient (Wildman–Crippen LogP) is 4.11. The van der Waals surface area contributed by atoms with Crippen molar-refractivity contribution in [2.24, 2.45) is 5.92 Å². The van der Waals surface area contributed by atoms with E-state index in [1.165, 1.54) is 16.7 Å². The van der Waals surface area contributed by atoms with E-state index in [9.17, 15) is 5.11 Å². The lowest BCUT2D eigenvalue weighted by atomic mass is 9.89. The van der Waals surface area contributed by atoms with Crippen LogP contribution in [0.4, 0.5) is 5.82 Å². The molecule has 34 heavy (non-hydrogen) atoms. The molecule has 3 unspecified atom stereocenters. The van der Waals surface area contributed by atoms with E-state index in [-0.39, 0.29) is 30.6 Å². The van der Waals surface area contributed by atoms with Gasteiger partial charge in [-0.2, -0.15) is 0 Å². The maximum Gasteiger partial charge on any atom is 0.188 e. The SMILES string of the molecule is COCOc1c(-c2nnc(NC3CCCC[C@H]3O)c3c2CC24CC2C[C@H]3O4)ccc2c1CCC2. The topological polar surface area (TPSA) is 85.7 Å². The third-order valence-corrected chi connectivity index (χ3v) is 8.82. The number of aryl methyl sites for hydroxylation is 1. The van der Waals surface area contributed by atoms with Gasteiger partial charge in [0.1, 0.15) is 11.4 Å². The molecule has 0 amide bonds. The van der Waals surface area contributed by atoms with E-state index in [4.69, 9.17) is 24.4 Å². The molecule has 180 valence electrons. The molecule has 5 aliphatic rings. The first kappa shape index (κ1) is 21.1. The average Bonchev–Trinajstić information content (AvgIpc) is 3.17. The zero-order valence-corrected chi connectivity index (χ0v) is 19.8. The number of hydrogen-bond acceptors (Lipinski definition) is 7. The van der Waals surface area contributed by atoms with Crippen molar-refractivity contribution in [2.45, 2.75) is 88.1 Å². The predicted molar refractivity (Wildman–Crippen MR) is 127 cm³/mol. The quantitative estimate of drug-likeness (QED) is 0.624.